The molecule has 29 heavy (non-hydrogen) atoms. The molecule has 0 spiro atoms. The molecule has 2 heterocycles. The fourth-order valence-electron chi connectivity index (χ4n) is 3.62. The van der Waals surface area contributed by atoms with Crippen molar-refractivity contribution >= 4 is 44.7 Å². The van der Waals surface area contributed by atoms with Crippen molar-refractivity contribution in [3.63, 3.8) is 0 Å². The third kappa shape index (κ3) is 3.76. The Morgan fingerprint density at radius 1 is 1.17 bits per heavy atom. The average Bonchev–Trinajstić information content (AvgIpc) is 3.03. The number of hydrogen-bond donors (Lipinski definition) is 0. The van der Waals surface area contributed by atoms with Gasteiger partial charge in [0.05, 0.1) is 29.7 Å². The van der Waals surface area contributed by atoms with Crippen LogP contribution in [0.15, 0.2) is 75.3 Å². The van der Waals surface area contributed by atoms with Gasteiger partial charge in [0.1, 0.15) is 0 Å². The molecule has 0 radical (unpaired) electrons. The highest BCUT2D eigenvalue weighted by atomic mass is 79.9. The van der Waals surface area contributed by atoms with Crippen LogP contribution in [0.5, 0.6) is 0 Å². The molecule has 0 aliphatic carbocycles. The standard InChI is InChI=1S/C22H19BrN2O3S/c1-13-18(21(27)28-2)19(15-6-4-3-5-7-15)25-20(26)17(29-22(25)24-13)12-14-8-10-16(23)11-9-14/h3-11,17,19H,12H2,1-2H3/t17-,19+/m1/s1. The molecule has 0 unspecified atom stereocenters. The van der Waals surface area contributed by atoms with E-state index >= 15 is 0 Å². The lowest BCUT2D eigenvalue weighted by atomic mass is 9.94. The number of esters is 1. The number of amides is 1. The van der Waals surface area contributed by atoms with E-state index in [0.717, 1.165) is 15.6 Å². The first-order chi connectivity index (χ1) is 14.0. The van der Waals surface area contributed by atoms with Crippen LogP contribution in [-0.2, 0) is 20.7 Å². The van der Waals surface area contributed by atoms with Gasteiger partial charge in [0, 0.05) is 4.47 Å². The largest absolute Gasteiger partial charge is 0.466 e. The van der Waals surface area contributed by atoms with Gasteiger partial charge in [-0.15, -0.1) is 0 Å². The minimum absolute atomic E-state index is 0.0422. The number of rotatable bonds is 4. The molecule has 2 aromatic rings. The lowest BCUT2D eigenvalue weighted by molar-refractivity contribution is -0.137. The molecule has 148 valence electrons. The summed E-state index contributed by atoms with van der Waals surface area (Å²) in [6, 6.07) is 17.0. The monoisotopic (exact) mass is 470 g/mol. The SMILES string of the molecule is COC(=O)C1=C(C)N=C2S[C@H](Cc3ccc(Br)cc3)C(=O)N2[C@H]1c1ccccc1. The van der Waals surface area contributed by atoms with Crippen LogP contribution >= 0.6 is 27.7 Å². The molecule has 0 saturated carbocycles. The Hall–Kier alpha value is -2.38. The van der Waals surface area contributed by atoms with Gasteiger partial charge in [0.15, 0.2) is 5.17 Å². The first-order valence-electron chi connectivity index (χ1n) is 9.16. The molecule has 1 saturated heterocycles. The number of thioether (sulfide) groups is 1. The predicted molar refractivity (Wildman–Crippen MR) is 117 cm³/mol. The summed E-state index contributed by atoms with van der Waals surface area (Å²) < 4.78 is 6.01. The van der Waals surface area contributed by atoms with Crippen LogP contribution in [0.25, 0.3) is 0 Å². The van der Waals surface area contributed by atoms with E-state index in [9.17, 15) is 9.59 Å². The molecule has 0 aromatic heterocycles. The summed E-state index contributed by atoms with van der Waals surface area (Å²) in [7, 11) is 1.35. The van der Waals surface area contributed by atoms with E-state index in [0.29, 0.717) is 22.9 Å². The molecule has 1 fully saturated rings. The Bertz CT molecular complexity index is 1020. The van der Waals surface area contributed by atoms with Gasteiger partial charge >= 0.3 is 5.97 Å². The highest BCUT2D eigenvalue weighted by Gasteiger charge is 2.47. The molecular weight excluding hydrogens is 452 g/mol. The third-order valence-electron chi connectivity index (χ3n) is 5.01. The Morgan fingerprint density at radius 3 is 2.52 bits per heavy atom. The van der Waals surface area contributed by atoms with Gasteiger partial charge < -0.3 is 4.74 Å². The summed E-state index contributed by atoms with van der Waals surface area (Å²) in [5.74, 6) is -0.507. The smallest absolute Gasteiger partial charge is 0.338 e. The van der Waals surface area contributed by atoms with Crippen molar-refractivity contribution in [3.8, 4) is 0 Å². The molecule has 0 bridgehead atoms. The summed E-state index contributed by atoms with van der Waals surface area (Å²) >= 11 is 4.89. The van der Waals surface area contributed by atoms with E-state index in [4.69, 9.17) is 4.74 Å². The van der Waals surface area contributed by atoms with Crippen LogP contribution in [0.2, 0.25) is 0 Å². The predicted octanol–water partition coefficient (Wildman–Crippen LogP) is 4.49. The van der Waals surface area contributed by atoms with Crippen molar-refractivity contribution in [1.29, 1.82) is 0 Å². The highest BCUT2D eigenvalue weighted by Crippen LogP contribution is 2.44. The van der Waals surface area contributed by atoms with Gasteiger partial charge in [0.25, 0.3) is 0 Å². The number of nitrogens with zero attached hydrogens (tertiary/aromatic N) is 2. The first-order valence-corrected chi connectivity index (χ1v) is 10.8. The molecule has 1 amide bonds. The summed E-state index contributed by atoms with van der Waals surface area (Å²) in [5, 5.41) is 0.349. The Labute approximate surface area is 182 Å². The summed E-state index contributed by atoms with van der Waals surface area (Å²) in [6.45, 7) is 1.79. The Kier molecular flexibility index (Phi) is 5.61. The van der Waals surface area contributed by atoms with Crippen molar-refractivity contribution in [2.45, 2.75) is 24.6 Å². The fraction of sp³-hybridized carbons (Fsp3) is 0.227. The van der Waals surface area contributed by atoms with E-state index in [1.54, 1.807) is 11.8 Å². The number of fused-ring (bicyclic) bond motifs is 1. The lowest BCUT2D eigenvalue weighted by Gasteiger charge is -2.32. The topological polar surface area (TPSA) is 59.0 Å². The summed E-state index contributed by atoms with van der Waals surface area (Å²) in [5.41, 5.74) is 2.92. The van der Waals surface area contributed by atoms with Gasteiger partial charge in [-0.1, -0.05) is 70.2 Å². The number of amidine groups is 1. The average molecular weight is 471 g/mol. The maximum absolute atomic E-state index is 13.4. The number of carbonyl (C=O) groups is 2. The zero-order chi connectivity index (χ0) is 20.5. The van der Waals surface area contributed by atoms with Gasteiger partial charge in [-0.05, 0) is 36.6 Å². The number of aliphatic imine (C=N–C) groups is 1. The molecule has 0 N–H and O–H groups in total. The molecule has 7 heteroatoms. The maximum atomic E-state index is 13.4. The number of halogens is 1. The Balaban J connectivity index is 1.71. The van der Waals surface area contributed by atoms with Crippen LogP contribution in [0.3, 0.4) is 0 Å². The lowest BCUT2D eigenvalue weighted by Crippen LogP contribution is -2.41. The summed E-state index contributed by atoms with van der Waals surface area (Å²) in [4.78, 5) is 32.2. The van der Waals surface area contributed by atoms with Gasteiger partial charge in [-0.25, -0.2) is 9.79 Å². The number of allylic oxidation sites excluding steroid dienone is 1. The first kappa shape index (κ1) is 19.9. The van der Waals surface area contributed by atoms with Crippen LogP contribution in [0.4, 0.5) is 0 Å². The molecule has 2 aliphatic heterocycles. The van der Waals surface area contributed by atoms with Crippen molar-refractivity contribution in [2.24, 2.45) is 4.99 Å². The second-order valence-corrected chi connectivity index (χ2v) is 8.93. The van der Waals surface area contributed by atoms with E-state index in [-0.39, 0.29) is 11.2 Å². The van der Waals surface area contributed by atoms with Crippen LogP contribution in [-0.4, -0.2) is 34.3 Å². The zero-order valence-corrected chi connectivity index (χ0v) is 18.4. The number of carbonyl (C=O) groups excluding carboxylic acids is 2. The van der Waals surface area contributed by atoms with Crippen molar-refractivity contribution < 1.29 is 14.3 Å². The molecule has 2 atom stereocenters. The normalized spacial score (nSPS) is 21.1. The number of benzene rings is 2. The second-order valence-electron chi connectivity index (χ2n) is 6.84. The molecular formula is C22H19BrN2O3S. The van der Waals surface area contributed by atoms with Gasteiger partial charge in [-0.2, -0.15) is 0 Å². The Morgan fingerprint density at radius 2 is 1.86 bits per heavy atom. The van der Waals surface area contributed by atoms with Crippen molar-refractivity contribution in [2.75, 3.05) is 7.11 Å². The minimum Gasteiger partial charge on any atom is -0.466 e. The van der Waals surface area contributed by atoms with Crippen molar-refractivity contribution in [3.05, 3.63) is 81.5 Å². The molecule has 2 aromatic carbocycles. The molecule has 5 nitrogen and oxygen atoms in total. The van der Waals surface area contributed by atoms with Crippen LogP contribution in [0, 0.1) is 0 Å². The van der Waals surface area contributed by atoms with Crippen LogP contribution in [0.1, 0.15) is 24.1 Å². The fourth-order valence-corrected chi connectivity index (χ4v) is 5.12. The van der Waals surface area contributed by atoms with Crippen LogP contribution < -0.4 is 0 Å². The zero-order valence-electron chi connectivity index (χ0n) is 16.0. The quantitative estimate of drug-likeness (QED) is 0.617. The highest BCUT2D eigenvalue weighted by molar-refractivity contribution is 9.10. The number of methoxy groups -OCH3 is 1. The third-order valence-corrected chi connectivity index (χ3v) is 6.69. The number of hydrogen-bond acceptors (Lipinski definition) is 5. The van der Waals surface area contributed by atoms with Gasteiger partial charge in [-0.3, -0.25) is 9.69 Å². The van der Waals surface area contributed by atoms with Gasteiger partial charge in [0.2, 0.25) is 5.91 Å². The summed E-state index contributed by atoms with van der Waals surface area (Å²) in [6.07, 6.45) is 0.598. The maximum Gasteiger partial charge on any atom is 0.338 e. The molecule has 2 aliphatic rings. The van der Waals surface area contributed by atoms with Crippen molar-refractivity contribution in [1.82, 2.24) is 4.90 Å². The number of ether oxygens (including phenoxy) is 1. The van der Waals surface area contributed by atoms with E-state index < -0.39 is 12.0 Å². The second kappa shape index (κ2) is 8.16. The molecule has 4 rings (SSSR count). The van der Waals surface area contributed by atoms with E-state index in [1.165, 1.54) is 18.9 Å². The minimum atomic E-state index is -0.536. The van der Waals surface area contributed by atoms with E-state index in [2.05, 4.69) is 20.9 Å². The van der Waals surface area contributed by atoms with E-state index in [1.807, 2.05) is 54.6 Å².